The molecule has 3 aromatic rings. The number of alkyl halides is 3. The lowest BCUT2D eigenvalue weighted by Crippen LogP contribution is -2.06. The van der Waals surface area contributed by atoms with E-state index in [4.69, 9.17) is 16.7 Å². The molecular formula is C16H11ClF3N3O2S. The van der Waals surface area contributed by atoms with Crippen molar-refractivity contribution in [3.05, 3.63) is 57.3 Å². The lowest BCUT2D eigenvalue weighted by molar-refractivity contribution is -0.137. The fourth-order valence-corrected chi connectivity index (χ4v) is 3.43. The number of hydrogen-bond acceptors (Lipinski definition) is 4. The topological polar surface area (TPSA) is 68.0 Å². The van der Waals surface area contributed by atoms with Crippen LogP contribution < -0.4 is 0 Å². The highest BCUT2D eigenvalue weighted by Crippen LogP contribution is 2.38. The summed E-state index contributed by atoms with van der Waals surface area (Å²) >= 11 is 6.89. The van der Waals surface area contributed by atoms with Gasteiger partial charge in [0.15, 0.2) is 0 Å². The van der Waals surface area contributed by atoms with Crippen LogP contribution in [-0.4, -0.2) is 25.8 Å². The van der Waals surface area contributed by atoms with Crippen LogP contribution in [0.5, 0.6) is 0 Å². The van der Waals surface area contributed by atoms with Crippen LogP contribution in [0.2, 0.25) is 5.02 Å². The number of halogens is 4. The molecule has 0 spiro atoms. The molecule has 0 radical (unpaired) electrons. The molecule has 3 rings (SSSR count). The maximum absolute atomic E-state index is 13.0. The number of benzene rings is 1. The van der Waals surface area contributed by atoms with Crippen LogP contribution in [0.1, 0.15) is 26.5 Å². The number of aryl methyl sites for hydroxylation is 1. The van der Waals surface area contributed by atoms with E-state index in [0.717, 1.165) is 10.9 Å². The van der Waals surface area contributed by atoms with E-state index in [1.807, 2.05) is 0 Å². The fraction of sp³-hybridized carbons (Fsp3) is 0.188. The predicted molar refractivity (Wildman–Crippen MR) is 90.6 cm³/mol. The van der Waals surface area contributed by atoms with Crippen LogP contribution in [0.4, 0.5) is 13.2 Å². The van der Waals surface area contributed by atoms with Gasteiger partial charge in [0.25, 0.3) is 0 Å². The average molecular weight is 402 g/mol. The highest BCUT2D eigenvalue weighted by atomic mass is 35.5. The lowest BCUT2D eigenvalue weighted by Gasteiger charge is -2.09. The van der Waals surface area contributed by atoms with Crippen molar-refractivity contribution in [3.63, 3.8) is 0 Å². The van der Waals surface area contributed by atoms with E-state index in [2.05, 4.69) is 10.1 Å². The minimum absolute atomic E-state index is 0.0469. The molecule has 26 heavy (non-hydrogen) atoms. The van der Waals surface area contributed by atoms with Crippen molar-refractivity contribution in [1.29, 1.82) is 0 Å². The summed E-state index contributed by atoms with van der Waals surface area (Å²) in [6.45, 7) is 2.01. The molecule has 0 saturated heterocycles. The highest BCUT2D eigenvalue weighted by Gasteiger charge is 2.33. The Morgan fingerprint density at radius 2 is 2.12 bits per heavy atom. The summed E-state index contributed by atoms with van der Waals surface area (Å²) in [5.41, 5.74) is 0.0520. The van der Waals surface area contributed by atoms with Crippen molar-refractivity contribution in [2.24, 2.45) is 0 Å². The van der Waals surface area contributed by atoms with Gasteiger partial charge >= 0.3 is 12.1 Å². The van der Waals surface area contributed by atoms with E-state index in [-0.39, 0.29) is 17.1 Å². The van der Waals surface area contributed by atoms with Gasteiger partial charge in [0.2, 0.25) is 0 Å². The third kappa shape index (κ3) is 3.73. The van der Waals surface area contributed by atoms with E-state index in [9.17, 15) is 18.0 Å². The maximum Gasteiger partial charge on any atom is 0.417 e. The first kappa shape index (κ1) is 18.4. The summed E-state index contributed by atoms with van der Waals surface area (Å²) in [6.07, 6.45) is -1.96. The van der Waals surface area contributed by atoms with Gasteiger partial charge in [-0.2, -0.15) is 18.3 Å². The Balaban J connectivity index is 1.91. The fourth-order valence-electron chi connectivity index (χ4n) is 2.29. The van der Waals surface area contributed by atoms with Crippen LogP contribution in [0.15, 0.2) is 30.6 Å². The van der Waals surface area contributed by atoms with Gasteiger partial charge in [-0.25, -0.2) is 9.78 Å². The number of nitrogens with zero attached hydrogens (tertiary/aromatic N) is 3. The molecule has 0 aliphatic carbocycles. The molecule has 0 atom stereocenters. The number of aromatic nitrogens is 3. The van der Waals surface area contributed by atoms with Gasteiger partial charge in [-0.15, -0.1) is 11.3 Å². The second-order valence-corrected chi connectivity index (χ2v) is 7.06. The molecule has 10 heteroatoms. The number of thiazole rings is 1. The molecule has 2 aromatic heterocycles. The van der Waals surface area contributed by atoms with Crippen LogP contribution in [0, 0.1) is 6.92 Å². The van der Waals surface area contributed by atoms with Crippen molar-refractivity contribution < 1.29 is 23.1 Å². The quantitative estimate of drug-likeness (QED) is 0.686. The highest BCUT2D eigenvalue weighted by molar-refractivity contribution is 7.15. The Labute approximate surface area is 154 Å². The summed E-state index contributed by atoms with van der Waals surface area (Å²) in [6, 6.07) is 3.65. The summed E-state index contributed by atoms with van der Waals surface area (Å²) < 4.78 is 40.5. The molecule has 0 saturated carbocycles. The van der Waals surface area contributed by atoms with E-state index in [1.54, 1.807) is 6.92 Å². The molecule has 1 aromatic carbocycles. The van der Waals surface area contributed by atoms with Crippen molar-refractivity contribution in [3.8, 4) is 10.6 Å². The third-order valence-corrected chi connectivity index (χ3v) is 5.00. The molecule has 136 valence electrons. The first-order valence-electron chi connectivity index (χ1n) is 7.24. The van der Waals surface area contributed by atoms with E-state index < -0.39 is 17.7 Å². The largest absolute Gasteiger partial charge is 0.478 e. The lowest BCUT2D eigenvalue weighted by atomic mass is 10.1. The second kappa shape index (κ2) is 6.73. The summed E-state index contributed by atoms with van der Waals surface area (Å²) in [7, 11) is 0. The number of carbonyl (C=O) groups is 1. The molecule has 1 N–H and O–H groups in total. The number of rotatable bonds is 4. The first-order chi connectivity index (χ1) is 12.1. The molecular weight excluding hydrogens is 391 g/mol. The van der Waals surface area contributed by atoms with Crippen molar-refractivity contribution in [1.82, 2.24) is 14.8 Å². The minimum atomic E-state index is -4.55. The molecule has 0 amide bonds. The van der Waals surface area contributed by atoms with Crippen molar-refractivity contribution in [2.75, 3.05) is 0 Å². The van der Waals surface area contributed by atoms with Gasteiger partial charge in [0.1, 0.15) is 5.01 Å². The maximum atomic E-state index is 13.0. The predicted octanol–water partition coefficient (Wildman–Crippen LogP) is 4.73. The van der Waals surface area contributed by atoms with Gasteiger partial charge in [0, 0.05) is 16.6 Å². The Hall–Kier alpha value is -2.39. The molecule has 0 aliphatic rings. The molecule has 0 unspecified atom stereocenters. The van der Waals surface area contributed by atoms with Crippen LogP contribution in [0.3, 0.4) is 0 Å². The van der Waals surface area contributed by atoms with Crippen LogP contribution in [0.25, 0.3) is 10.6 Å². The monoisotopic (exact) mass is 401 g/mol. The number of carboxylic acids is 1. The standard InChI is InChI=1S/C16H11ClF3N3O2S/c1-8-13(7-23-6-10(5-21-23)15(24)25)22-14(26-8)9-2-3-12(17)11(4-9)16(18,19)20/h2-6H,7H2,1H3,(H,24,25). The second-order valence-electron chi connectivity index (χ2n) is 5.45. The van der Waals surface area contributed by atoms with Gasteiger partial charge in [-0.3, -0.25) is 4.68 Å². The molecule has 0 fully saturated rings. The summed E-state index contributed by atoms with van der Waals surface area (Å²) in [5, 5.41) is 12.9. The molecule has 5 nitrogen and oxygen atoms in total. The Bertz CT molecular complexity index is 982. The van der Waals surface area contributed by atoms with E-state index in [0.29, 0.717) is 16.3 Å². The van der Waals surface area contributed by atoms with E-state index >= 15 is 0 Å². The third-order valence-electron chi connectivity index (χ3n) is 3.60. The smallest absolute Gasteiger partial charge is 0.417 e. The zero-order chi connectivity index (χ0) is 19.1. The Morgan fingerprint density at radius 3 is 2.73 bits per heavy atom. The Morgan fingerprint density at radius 1 is 1.38 bits per heavy atom. The first-order valence-corrected chi connectivity index (χ1v) is 8.44. The summed E-state index contributed by atoms with van der Waals surface area (Å²) in [4.78, 5) is 16.1. The SMILES string of the molecule is Cc1sc(-c2ccc(Cl)c(C(F)(F)F)c2)nc1Cn1cc(C(=O)O)cn1. The Kier molecular flexibility index (Phi) is 4.76. The number of aromatic carboxylic acids is 1. The van der Waals surface area contributed by atoms with Crippen LogP contribution in [-0.2, 0) is 12.7 Å². The zero-order valence-corrected chi connectivity index (χ0v) is 14.8. The van der Waals surface area contributed by atoms with Gasteiger partial charge in [0.05, 0.1) is 34.6 Å². The number of carboxylic acid groups (broad SMARTS) is 1. The van der Waals surface area contributed by atoms with Crippen LogP contribution >= 0.6 is 22.9 Å². The van der Waals surface area contributed by atoms with Gasteiger partial charge in [-0.1, -0.05) is 17.7 Å². The molecule has 0 bridgehead atoms. The van der Waals surface area contributed by atoms with Gasteiger partial charge < -0.3 is 5.11 Å². The molecule has 0 aliphatic heterocycles. The minimum Gasteiger partial charge on any atom is -0.478 e. The normalized spacial score (nSPS) is 11.7. The zero-order valence-electron chi connectivity index (χ0n) is 13.2. The van der Waals surface area contributed by atoms with Gasteiger partial charge in [-0.05, 0) is 19.1 Å². The molecule has 2 heterocycles. The van der Waals surface area contributed by atoms with Crippen molar-refractivity contribution in [2.45, 2.75) is 19.6 Å². The van der Waals surface area contributed by atoms with E-state index in [1.165, 1.54) is 40.5 Å². The number of hydrogen-bond donors (Lipinski definition) is 1. The average Bonchev–Trinajstić information content (AvgIpc) is 3.15. The summed E-state index contributed by atoms with van der Waals surface area (Å²) in [5.74, 6) is -1.09. The van der Waals surface area contributed by atoms with Crippen molar-refractivity contribution >= 4 is 28.9 Å².